The van der Waals surface area contributed by atoms with Crippen molar-refractivity contribution in [3.8, 4) is 0 Å². The Kier molecular flexibility index (Phi) is 5.94. The van der Waals surface area contributed by atoms with E-state index in [0.717, 1.165) is 5.41 Å². The summed E-state index contributed by atoms with van der Waals surface area (Å²) in [5, 5.41) is 3.42. The maximum atomic E-state index is 14.6. The molecule has 3 rings (SSSR count). The second-order valence-corrected chi connectivity index (χ2v) is 8.90. The van der Waals surface area contributed by atoms with Gasteiger partial charge in [-0.05, 0) is 24.1 Å². The lowest BCUT2D eigenvalue weighted by atomic mass is 9.95. The first-order chi connectivity index (χ1) is 13.2. The smallest absolute Gasteiger partial charge is 0.414 e. The molecule has 0 saturated carbocycles. The standard InChI is InChI=1S/C17H17F3N2O4S2/c18-14-7-11(1-2-13(14)10-3-5-28(24,25)6-4-10)22-9-12(26-17(22)23)8-21-16(27)15(19)20/h1-3,5,7,10,12,15H,4,6,8-9H2,(H,21,27). The highest BCUT2D eigenvalue weighted by molar-refractivity contribution is 7.94. The number of allylic oxidation sites excluding steroid dienone is 1. The second kappa shape index (κ2) is 8.08. The number of amides is 1. The van der Waals surface area contributed by atoms with E-state index in [9.17, 15) is 26.4 Å². The van der Waals surface area contributed by atoms with Crippen molar-refractivity contribution in [2.75, 3.05) is 23.7 Å². The van der Waals surface area contributed by atoms with Crippen LogP contribution in [0.15, 0.2) is 29.7 Å². The molecule has 1 aromatic rings. The summed E-state index contributed by atoms with van der Waals surface area (Å²) in [6, 6.07) is 4.21. The molecule has 2 heterocycles. The summed E-state index contributed by atoms with van der Waals surface area (Å²) in [5.41, 5.74) is 0.598. The quantitative estimate of drug-likeness (QED) is 0.719. The minimum atomic E-state index is -3.22. The van der Waals surface area contributed by atoms with Gasteiger partial charge in [0.05, 0.1) is 24.5 Å². The van der Waals surface area contributed by atoms with Crippen molar-refractivity contribution in [3.05, 3.63) is 41.1 Å². The van der Waals surface area contributed by atoms with Crippen LogP contribution in [0.5, 0.6) is 0 Å². The number of ether oxygens (including phenoxy) is 1. The van der Waals surface area contributed by atoms with Crippen LogP contribution in [0.4, 0.5) is 23.7 Å². The molecule has 1 aromatic carbocycles. The highest BCUT2D eigenvalue weighted by Crippen LogP contribution is 2.31. The molecule has 1 amide bonds. The monoisotopic (exact) mass is 434 g/mol. The zero-order valence-corrected chi connectivity index (χ0v) is 16.1. The average molecular weight is 434 g/mol. The van der Waals surface area contributed by atoms with E-state index in [2.05, 4.69) is 17.5 Å². The molecule has 1 fully saturated rings. The third kappa shape index (κ3) is 4.64. The Morgan fingerprint density at radius 3 is 2.75 bits per heavy atom. The van der Waals surface area contributed by atoms with Crippen molar-refractivity contribution >= 4 is 38.8 Å². The number of carbonyl (C=O) groups excluding carboxylic acids is 1. The Morgan fingerprint density at radius 2 is 2.14 bits per heavy atom. The fourth-order valence-electron chi connectivity index (χ4n) is 3.04. The number of nitrogens with zero attached hydrogens (tertiary/aromatic N) is 1. The summed E-state index contributed by atoms with van der Waals surface area (Å²) < 4.78 is 67.3. The van der Waals surface area contributed by atoms with Crippen molar-refractivity contribution < 1.29 is 31.1 Å². The third-order valence-electron chi connectivity index (χ3n) is 4.50. The fourth-order valence-corrected chi connectivity index (χ4v) is 4.28. The van der Waals surface area contributed by atoms with E-state index in [1.807, 2.05) is 0 Å². The highest BCUT2D eigenvalue weighted by atomic mass is 32.2. The predicted molar refractivity (Wildman–Crippen MR) is 101 cm³/mol. The largest absolute Gasteiger partial charge is 0.442 e. The molecule has 2 aliphatic heterocycles. The van der Waals surface area contributed by atoms with Crippen LogP contribution < -0.4 is 10.2 Å². The first kappa shape index (κ1) is 20.6. The van der Waals surface area contributed by atoms with E-state index in [0.29, 0.717) is 5.56 Å². The van der Waals surface area contributed by atoms with Crippen molar-refractivity contribution in [2.45, 2.75) is 24.9 Å². The van der Waals surface area contributed by atoms with Crippen molar-refractivity contribution in [1.29, 1.82) is 0 Å². The van der Waals surface area contributed by atoms with Crippen molar-refractivity contribution in [3.63, 3.8) is 0 Å². The highest BCUT2D eigenvalue weighted by Gasteiger charge is 2.33. The van der Waals surface area contributed by atoms with Gasteiger partial charge in [0.2, 0.25) is 0 Å². The molecule has 2 unspecified atom stereocenters. The van der Waals surface area contributed by atoms with Gasteiger partial charge in [0.1, 0.15) is 16.9 Å². The maximum absolute atomic E-state index is 14.6. The molecule has 1 saturated heterocycles. The van der Waals surface area contributed by atoms with Crippen LogP contribution in [0.2, 0.25) is 0 Å². The number of alkyl halides is 2. The summed E-state index contributed by atoms with van der Waals surface area (Å²) in [4.78, 5) is 12.6. The normalized spacial score (nSPS) is 23.7. The number of sulfone groups is 1. The van der Waals surface area contributed by atoms with Crippen molar-refractivity contribution in [2.24, 2.45) is 0 Å². The zero-order valence-electron chi connectivity index (χ0n) is 14.5. The molecule has 2 aliphatic rings. The van der Waals surface area contributed by atoms with E-state index in [4.69, 9.17) is 4.74 Å². The number of halogens is 3. The molecular formula is C17H17F3N2O4S2. The predicted octanol–water partition coefficient (Wildman–Crippen LogP) is 2.75. The van der Waals surface area contributed by atoms with Gasteiger partial charge >= 0.3 is 6.09 Å². The average Bonchev–Trinajstić information content (AvgIpc) is 3.00. The van der Waals surface area contributed by atoms with Gasteiger partial charge in [-0.2, -0.15) is 0 Å². The Balaban J connectivity index is 1.68. The SMILES string of the molecule is O=C1OC(CNC(=S)C(F)F)CN1c1ccc(C2C=CS(=O)(=O)CC2)c(F)c1. The van der Waals surface area contributed by atoms with Crippen LogP contribution in [-0.2, 0) is 14.6 Å². The fraction of sp³-hybridized carbons (Fsp3) is 0.412. The number of cyclic esters (lactones) is 1. The summed E-state index contributed by atoms with van der Waals surface area (Å²) >= 11 is 4.46. The summed E-state index contributed by atoms with van der Waals surface area (Å²) in [7, 11) is -3.22. The summed E-state index contributed by atoms with van der Waals surface area (Å²) in [5.74, 6) is -0.988. The Bertz CT molecular complexity index is 921. The first-order valence-electron chi connectivity index (χ1n) is 8.40. The number of nitrogens with one attached hydrogen (secondary N) is 1. The van der Waals surface area contributed by atoms with E-state index in [1.165, 1.54) is 29.2 Å². The molecule has 6 nitrogen and oxygen atoms in total. The van der Waals surface area contributed by atoms with Crippen LogP contribution in [0, 0.1) is 5.82 Å². The second-order valence-electron chi connectivity index (χ2n) is 6.46. The topological polar surface area (TPSA) is 75.7 Å². The van der Waals surface area contributed by atoms with E-state index in [-0.39, 0.29) is 36.9 Å². The van der Waals surface area contributed by atoms with Gasteiger partial charge in [-0.3, -0.25) is 4.90 Å². The minimum absolute atomic E-state index is 0.0526. The molecular weight excluding hydrogens is 417 g/mol. The van der Waals surface area contributed by atoms with Gasteiger partial charge in [-0.15, -0.1) is 0 Å². The number of rotatable bonds is 5. The molecule has 0 aliphatic carbocycles. The minimum Gasteiger partial charge on any atom is -0.442 e. The van der Waals surface area contributed by atoms with Crippen LogP contribution in [0.1, 0.15) is 17.9 Å². The number of thiocarbonyl (C=S) groups is 1. The van der Waals surface area contributed by atoms with Gasteiger partial charge in [0.25, 0.3) is 6.43 Å². The maximum Gasteiger partial charge on any atom is 0.414 e. The van der Waals surface area contributed by atoms with Gasteiger partial charge in [-0.1, -0.05) is 24.4 Å². The van der Waals surface area contributed by atoms with Crippen LogP contribution >= 0.6 is 12.2 Å². The van der Waals surface area contributed by atoms with Gasteiger partial charge in [0, 0.05) is 11.3 Å². The van der Waals surface area contributed by atoms with Gasteiger partial charge in [0.15, 0.2) is 9.84 Å². The molecule has 11 heteroatoms. The van der Waals surface area contributed by atoms with Crippen LogP contribution in [-0.4, -0.2) is 50.9 Å². The number of hydrogen-bond acceptors (Lipinski definition) is 5. The molecule has 0 spiro atoms. The number of benzene rings is 1. The van der Waals surface area contributed by atoms with E-state index < -0.39 is 39.3 Å². The molecule has 0 bridgehead atoms. The lowest BCUT2D eigenvalue weighted by Crippen LogP contribution is -2.36. The molecule has 2 atom stereocenters. The Labute approximate surface area is 165 Å². The zero-order chi connectivity index (χ0) is 20.5. The Hall–Kier alpha value is -2.14. The lowest BCUT2D eigenvalue weighted by molar-refractivity contribution is 0.142. The Morgan fingerprint density at radius 1 is 1.39 bits per heavy atom. The third-order valence-corrected chi connectivity index (χ3v) is 6.20. The van der Waals surface area contributed by atoms with Gasteiger partial charge in [-0.25, -0.2) is 26.4 Å². The molecule has 28 heavy (non-hydrogen) atoms. The van der Waals surface area contributed by atoms with Gasteiger partial charge < -0.3 is 10.1 Å². The molecule has 1 N–H and O–H groups in total. The number of anilines is 1. The first-order valence-corrected chi connectivity index (χ1v) is 10.5. The van der Waals surface area contributed by atoms with Crippen LogP contribution in [0.25, 0.3) is 0 Å². The lowest BCUT2D eigenvalue weighted by Gasteiger charge is -2.19. The summed E-state index contributed by atoms with van der Waals surface area (Å²) in [6.07, 6.45) is -2.49. The number of hydrogen-bond donors (Lipinski definition) is 1. The van der Waals surface area contributed by atoms with Crippen LogP contribution in [0.3, 0.4) is 0 Å². The molecule has 0 aromatic heterocycles. The molecule has 152 valence electrons. The molecule has 0 radical (unpaired) electrons. The summed E-state index contributed by atoms with van der Waals surface area (Å²) in [6.45, 7) is -0.0225. The number of carbonyl (C=O) groups is 1. The van der Waals surface area contributed by atoms with Crippen molar-refractivity contribution in [1.82, 2.24) is 5.32 Å². The van der Waals surface area contributed by atoms with E-state index in [1.54, 1.807) is 0 Å². The van der Waals surface area contributed by atoms with E-state index >= 15 is 0 Å².